The molecule has 0 spiro atoms. The van der Waals surface area contributed by atoms with Crippen LogP contribution in [0.15, 0.2) is 24.3 Å². The molecule has 5 heteroatoms. The molecular formula is C13H15IN2O2. The van der Waals surface area contributed by atoms with Crippen LogP contribution in [0.4, 0.5) is 0 Å². The van der Waals surface area contributed by atoms with E-state index < -0.39 is 0 Å². The van der Waals surface area contributed by atoms with E-state index in [1.807, 2.05) is 29.2 Å². The van der Waals surface area contributed by atoms with Crippen LogP contribution in [0.1, 0.15) is 17.3 Å². The summed E-state index contributed by atoms with van der Waals surface area (Å²) in [5.41, 5.74) is 0.721. The van der Waals surface area contributed by atoms with E-state index in [2.05, 4.69) is 22.6 Å². The Bertz CT molecular complexity index is 468. The van der Waals surface area contributed by atoms with Gasteiger partial charge in [0.15, 0.2) is 0 Å². The Morgan fingerprint density at radius 1 is 1.11 bits per heavy atom. The summed E-state index contributed by atoms with van der Waals surface area (Å²) in [6.45, 7) is 4.06. The van der Waals surface area contributed by atoms with Crippen LogP contribution in [-0.2, 0) is 4.79 Å². The lowest BCUT2D eigenvalue weighted by atomic mass is 10.2. The van der Waals surface area contributed by atoms with Gasteiger partial charge in [0.2, 0.25) is 5.91 Å². The van der Waals surface area contributed by atoms with E-state index in [1.54, 1.807) is 11.8 Å². The fraction of sp³-hybridized carbons (Fsp3) is 0.385. The van der Waals surface area contributed by atoms with Gasteiger partial charge in [0.05, 0.1) is 0 Å². The summed E-state index contributed by atoms with van der Waals surface area (Å²) in [5, 5.41) is 0. The van der Waals surface area contributed by atoms with Gasteiger partial charge in [-0.3, -0.25) is 9.59 Å². The third-order valence-corrected chi connectivity index (χ3v) is 3.75. The van der Waals surface area contributed by atoms with Gasteiger partial charge in [0.1, 0.15) is 0 Å². The topological polar surface area (TPSA) is 40.6 Å². The Kier molecular flexibility index (Phi) is 4.21. The predicted molar refractivity (Wildman–Crippen MR) is 77.3 cm³/mol. The highest BCUT2D eigenvalue weighted by Gasteiger charge is 2.23. The molecular weight excluding hydrogens is 343 g/mol. The van der Waals surface area contributed by atoms with Gasteiger partial charge < -0.3 is 9.80 Å². The number of hydrogen-bond donors (Lipinski definition) is 0. The van der Waals surface area contributed by atoms with Gasteiger partial charge in [-0.1, -0.05) is 6.07 Å². The van der Waals surface area contributed by atoms with Crippen molar-refractivity contribution < 1.29 is 9.59 Å². The first-order chi connectivity index (χ1) is 8.58. The average molecular weight is 358 g/mol. The van der Waals surface area contributed by atoms with Crippen LogP contribution in [0, 0.1) is 3.57 Å². The first-order valence-corrected chi connectivity index (χ1v) is 6.96. The summed E-state index contributed by atoms with van der Waals surface area (Å²) in [6, 6.07) is 7.58. The van der Waals surface area contributed by atoms with E-state index in [0.717, 1.165) is 9.13 Å². The van der Waals surface area contributed by atoms with Crippen LogP contribution in [-0.4, -0.2) is 47.8 Å². The molecule has 0 N–H and O–H groups in total. The molecule has 1 aliphatic heterocycles. The van der Waals surface area contributed by atoms with E-state index in [1.165, 1.54) is 0 Å². The SMILES string of the molecule is CC(=O)N1CCN(C(=O)c2cccc(I)c2)CC1. The zero-order valence-corrected chi connectivity index (χ0v) is 12.4. The Hall–Kier alpha value is -1.11. The number of piperazine rings is 1. The maximum absolute atomic E-state index is 12.2. The Morgan fingerprint density at radius 3 is 2.28 bits per heavy atom. The molecule has 0 unspecified atom stereocenters. The van der Waals surface area contributed by atoms with Gasteiger partial charge in [-0.2, -0.15) is 0 Å². The van der Waals surface area contributed by atoms with Gasteiger partial charge in [-0.15, -0.1) is 0 Å². The number of nitrogens with zero attached hydrogens (tertiary/aromatic N) is 2. The number of rotatable bonds is 1. The maximum atomic E-state index is 12.2. The second-order valence-electron chi connectivity index (χ2n) is 4.31. The molecule has 0 saturated carbocycles. The van der Waals surface area contributed by atoms with Crippen molar-refractivity contribution >= 4 is 34.4 Å². The minimum absolute atomic E-state index is 0.0525. The van der Waals surface area contributed by atoms with Gasteiger partial charge >= 0.3 is 0 Å². The number of carbonyl (C=O) groups is 2. The number of amides is 2. The quantitative estimate of drug-likeness (QED) is 0.716. The second-order valence-corrected chi connectivity index (χ2v) is 5.55. The number of halogens is 1. The molecule has 1 aromatic carbocycles. The smallest absolute Gasteiger partial charge is 0.254 e. The van der Waals surface area contributed by atoms with Gasteiger partial charge in [-0.25, -0.2) is 0 Å². The average Bonchev–Trinajstić information content (AvgIpc) is 2.38. The number of carbonyl (C=O) groups excluding carboxylic acids is 2. The highest BCUT2D eigenvalue weighted by molar-refractivity contribution is 14.1. The molecule has 0 bridgehead atoms. The van der Waals surface area contributed by atoms with E-state index in [-0.39, 0.29) is 11.8 Å². The Morgan fingerprint density at radius 2 is 1.72 bits per heavy atom. The summed E-state index contributed by atoms with van der Waals surface area (Å²) in [7, 11) is 0. The van der Waals surface area contributed by atoms with Crippen molar-refractivity contribution in [1.82, 2.24) is 9.80 Å². The summed E-state index contributed by atoms with van der Waals surface area (Å²) >= 11 is 2.20. The fourth-order valence-electron chi connectivity index (χ4n) is 2.03. The molecule has 1 saturated heterocycles. The van der Waals surface area contributed by atoms with Crippen molar-refractivity contribution in [1.29, 1.82) is 0 Å². The molecule has 0 atom stereocenters. The molecule has 4 nitrogen and oxygen atoms in total. The zero-order chi connectivity index (χ0) is 13.1. The summed E-state index contributed by atoms with van der Waals surface area (Å²) < 4.78 is 1.06. The minimum Gasteiger partial charge on any atom is -0.339 e. The standard InChI is InChI=1S/C13H15IN2O2/c1-10(17)15-5-7-16(8-6-15)13(18)11-3-2-4-12(14)9-11/h2-4,9H,5-8H2,1H3. The summed E-state index contributed by atoms with van der Waals surface area (Å²) in [6.07, 6.45) is 0. The molecule has 96 valence electrons. The van der Waals surface area contributed by atoms with E-state index >= 15 is 0 Å². The lowest BCUT2D eigenvalue weighted by Crippen LogP contribution is -2.50. The highest BCUT2D eigenvalue weighted by Crippen LogP contribution is 2.12. The van der Waals surface area contributed by atoms with Gasteiger partial charge in [-0.05, 0) is 40.8 Å². The van der Waals surface area contributed by atoms with Crippen molar-refractivity contribution in [2.24, 2.45) is 0 Å². The van der Waals surface area contributed by atoms with Gasteiger partial charge in [0.25, 0.3) is 5.91 Å². The molecule has 2 rings (SSSR count). The van der Waals surface area contributed by atoms with E-state index in [4.69, 9.17) is 0 Å². The lowest BCUT2D eigenvalue weighted by Gasteiger charge is -2.34. The van der Waals surface area contributed by atoms with Crippen LogP contribution >= 0.6 is 22.6 Å². The van der Waals surface area contributed by atoms with E-state index in [9.17, 15) is 9.59 Å². The van der Waals surface area contributed by atoms with Crippen LogP contribution in [0.2, 0.25) is 0 Å². The molecule has 2 amide bonds. The molecule has 1 heterocycles. The molecule has 1 fully saturated rings. The molecule has 1 aromatic rings. The number of benzene rings is 1. The van der Waals surface area contributed by atoms with Crippen molar-refractivity contribution in [3.63, 3.8) is 0 Å². The predicted octanol–water partition coefficient (Wildman–Crippen LogP) is 1.60. The molecule has 0 radical (unpaired) electrons. The van der Waals surface area contributed by atoms with Crippen LogP contribution in [0.25, 0.3) is 0 Å². The first-order valence-electron chi connectivity index (χ1n) is 5.88. The van der Waals surface area contributed by atoms with Gasteiger partial charge in [0, 0.05) is 42.2 Å². The molecule has 1 aliphatic rings. The third-order valence-electron chi connectivity index (χ3n) is 3.08. The fourth-order valence-corrected chi connectivity index (χ4v) is 2.57. The van der Waals surface area contributed by atoms with E-state index in [0.29, 0.717) is 26.2 Å². The second kappa shape index (κ2) is 5.69. The van der Waals surface area contributed by atoms with Crippen molar-refractivity contribution in [2.45, 2.75) is 6.92 Å². The van der Waals surface area contributed by atoms with Crippen molar-refractivity contribution in [3.8, 4) is 0 Å². The minimum atomic E-state index is 0.0525. The molecule has 0 aliphatic carbocycles. The maximum Gasteiger partial charge on any atom is 0.254 e. The first kappa shape index (κ1) is 13.3. The van der Waals surface area contributed by atoms with Crippen LogP contribution in [0.5, 0.6) is 0 Å². The lowest BCUT2D eigenvalue weighted by molar-refractivity contribution is -0.130. The highest BCUT2D eigenvalue weighted by atomic mass is 127. The van der Waals surface area contributed by atoms with Crippen molar-refractivity contribution in [2.75, 3.05) is 26.2 Å². The Labute approximate surface area is 120 Å². The third kappa shape index (κ3) is 3.01. The van der Waals surface area contributed by atoms with Crippen molar-refractivity contribution in [3.05, 3.63) is 33.4 Å². The summed E-state index contributed by atoms with van der Waals surface area (Å²) in [4.78, 5) is 27.0. The largest absolute Gasteiger partial charge is 0.339 e. The zero-order valence-electron chi connectivity index (χ0n) is 10.2. The molecule has 0 aromatic heterocycles. The number of hydrogen-bond acceptors (Lipinski definition) is 2. The summed E-state index contributed by atoms with van der Waals surface area (Å²) in [5.74, 6) is 0.132. The van der Waals surface area contributed by atoms with Crippen LogP contribution < -0.4 is 0 Å². The monoisotopic (exact) mass is 358 g/mol. The Balaban J connectivity index is 2.02. The molecule has 18 heavy (non-hydrogen) atoms. The normalized spacial score (nSPS) is 15.7. The van der Waals surface area contributed by atoms with Crippen LogP contribution in [0.3, 0.4) is 0 Å².